The number of rotatable bonds is 7. The van der Waals surface area contributed by atoms with Crippen molar-refractivity contribution in [2.75, 3.05) is 25.6 Å². The van der Waals surface area contributed by atoms with Crippen LogP contribution in [-0.2, 0) is 19.2 Å². The van der Waals surface area contributed by atoms with E-state index in [1.807, 2.05) is 13.0 Å². The molecule has 0 atom stereocenters. The predicted octanol–water partition coefficient (Wildman–Crippen LogP) is 3.26. The topological polar surface area (TPSA) is 52.6 Å². The van der Waals surface area contributed by atoms with E-state index in [1.165, 1.54) is 0 Å². The van der Waals surface area contributed by atoms with Crippen molar-refractivity contribution in [1.82, 2.24) is 0 Å². The van der Waals surface area contributed by atoms with Crippen molar-refractivity contribution in [2.24, 2.45) is 0 Å². The summed E-state index contributed by atoms with van der Waals surface area (Å²) < 4.78 is 32.4. The number of hydrogen-bond donors (Lipinski definition) is 0. The van der Waals surface area contributed by atoms with Gasteiger partial charge in [0.25, 0.3) is 0 Å². The average Bonchev–Trinajstić information content (AvgIpc) is 2.30. The largest absolute Gasteiger partial charge is 0.491 e. The Balaban J connectivity index is 2.50. The van der Waals surface area contributed by atoms with Crippen molar-refractivity contribution in [3.05, 3.63) is 29.3 Å². The van der Waals surface area contributed by atoms with Crippen molar-refractivity contribution < 1.29 is 17.9 Å². The monoisotopic (exact) mass is 334 g/mol. The Bertz CT molecular complexity index is 562. The number of ether oxygens (including phenoxy) is 2. The molecule has 0 aliphatic heterocycles. The molecule has 0 aliphatic rings. The first kappa shape index (κ1) is 18.3. The van der Waals surface area contributed by atoms with Gasteiger partial charge < -0.3 is 9.47 Å². The molecule has 0 aliphatic carbocycles. The van der Waals surface area contributed by atoms with Crippen LogP contribution in [0.4, 0.5) is 0 Å². The molecule has 0 amide bonds. The van der Waals surface area contributed by atoms with Gasteiger partial charge in [0.15, 0.2) is 0 Å². The molecular weight excluding hydrogens is 312 g/mol. The van der Waals surface area contributed by atoms with E-state index in [2.05, 4.69) is 32.9 Å². The Labute approximate surface area is 131 Å². The van der Waals surface area contributed by atoms with Crippen LogP contribution >= 0.6 is 10.7 Å². The first-order valence-electron chi connectivity index (χ1n) is 6.83. The molecule has 1 aromatic rings. The molecule has 0 spiro atoms. The summed E-state index contributed by atoms with van der Waals surface area (Å²) in [5.74, 6) is 0.655. The molecule has 0 saturated heterocycles. The quantitative estimate of drug-likeness (QED) is 0.567. The zero-order valence-corrected chi connectivity index (χ0v) is 14.6. The first-order valence-corrected chi connectivity index (χ1v) is 9.31. The maximum atomic E-state index is 10.7. The highest BCUT2D eigenvalue weighted by Crippen LogP contribution is 2.31. The molecular formula is C15H23ClO4S. The van der Waals surface area contributed by atoms with Crippen LogP contribution in [0.25, 0.3) is 0 Å². The Morgan fingerprint density at radius 1 is 1.14 bits per heavy atom. The van der Waals surface area contributed by atoms with Crippen LogP contribution in [-0.4, -0.2) is 34.0 Å². The third kappa shape index (κ3) is 7.16. The molecule has 120 valence electrons. The molecule has 6 heteroatoms. The lowest BCUT2D eigenvalue weighted by molar-refractivity contribution is 0.110. The number of halogens is 1. The minimum absolute atomic E-state index is 0.00338. The average molecular weight is 335 g/mol. The second-order valence-corrected chi connectivity index (χ2v) is 8.85. The molecule has 0 bridgehead atoms. The van der Waals surface area contributed by atoms with Gasteiger partial charge in [-0.3, -0.25) is 0 Å². The Morgan fingerprint density at radius 3 is 2.38 bits per heavy atom. The summed E-state index contributed by atoms with van der Waals surface area (Å²) in [4.78, 5) is 0. The maximum absolute atomic E-state index is 10.7. The lowest BCUT2D eigenvalue weighted by Gasteiger charge is -2.23. The van der Waals surface area contributed by atoms with E-state index in [9.17, 15) is 8.42 Å². The van der Waals surface area contributed by atoms with Gasteiger partial charge in [0.1, 0.15) is 12.4 Å². The highest BCUT2D eigenvalue weighted by atomic mass is 35.7. The molecule has 0 heterocycles. The zero-order valence-electron chi connectivity index (χ0n) is 13.0. The third-order valence-electron chi connectivity index (χ3n) is 2.90. The fourth-order valence-corrected chi connectivity index (χ4v) is 2.35. The summed E-state index contributed by atoms with van der Waals surface area (Å²) in [6, 6.07) is 6.14. The van der Waals surface area contributed by atoms with Gasteiger partial charge in [-0.2, -0.15) is 0 Å². The first-order chi connectivity index (χ1) is 9.59. The third-order valence-corrected chi connectivity index (χ3v) is 4.02. The van der Waals surface area contributed by atoms with Crippen molar-refractivity contribution in [1.29, 1.82) is 0 Å². The van der Waals surface area contributed by atoms with E-state index in [1.54, 1.807) is 0 Å². The second-order valence-electron chi connectivity index (χ2n) is 5.95. The van der Waals surface area contributed by atoms with Gasteiger partial charge in [0, 0.05) is 10.7 Å². The summed E-state index contributed by atoms with van der Waals surface area (Å²) in [6.07, 6.45) is 0. The van der Waals surface area contributed by atoms with Crippen LogP contribution in [0.15, 0.2) is 18.2 Å². The minimum atomic E-state index is -3.49. The van der Waals surface area contributed by atoms with E-state index >= 15 is 0 Å². The fraction of sp³-hybridized carbons (Fsp3) is 0.600. The van der Waals surface area contributed by atoms with E-state index in [4.69, 9.17) is 20.2 Å². The smallest absolute Gasteiger partial charge is 0.234 e. The molecule has 1 aromatic carbocycles. The van der Waals surface area contributed by atoms with Gasteiger partial charge in [-0.05, 0) is 29.5 Å². The van der Waals surface area contributed by atoms with Gasteiger partial charge in [0.05, 0.1) is 19.0 Å². The lowest BCUT2D eigenvalue weighted by Crippen LogP contribution is -2.16. The zero-order chi connectivity index (χ0) is 16.1. The molecule has 0 N–H and O–H groups in total. The predicted molar refractivity (Wildman–Crippen MR) is 85.8 cm³/mol. The van der Waals surface area contributed by atoms with E-state index in [-0.39, 0.29) is 17.8 Å². The normalized spacial score (nSPS) is 12.4. The van der Waals surface area contributed by atoms with Crippen LogP contribution in [0, 0.1) is 6.92 Å². The molecule has 1 rings (SSSR count). The van der Waals surface area contributed by atoms with Crippen LogP contribution in [0.2, 0.25) is 0 Å². The van der Waals surface area contributed by atoms with Crippen LogP contribution in [0.1, 0.15) is 31.9 Å². The van der Waals surface area contributed by atoms with Crippen LogP contribution < -0.4 is 4.74 Å². The Hall–Kier alpha value is -0.780. The minimum Gasteiger partial charge on any atom is -0.491 e. The second kappa shape index (κ2) is 7.47. The number of hydrogen-bond acceptors (Lipinski definition) is 4. The van der Waals surface area contributed by atoms with Crippen molar-refractivity contribution in [3.63, 3.8) is 0 Å². The van der Waals surface area contributed by atoms with Gasteiger partial charge in [-0.25, -0.2) is 8.42 Å². The Morgan fingerprint density at radius 2 is 1.81 bits per heavy atom. The van der Waals surface area contributed by atoms with E-state index in [0.29, 0.717) is 13.2 Å². The van der Waals surface area contributed by atoms with Gasteiger partial charge in [-0.15, -0.1) is 0 Å². The van der Waals surface area contributed by atoms with E-state index in [0.717, 1.165) is 16.9 Å². The molecule has 4 nitrogen and oxygen atoms in total. The highest BCUT2D eigenvalue weighted by Gasteiger charge is 2.18. The molecule has 0 radical (unpaired) electrons. The van der Waals surface area contributed by atoms with Crippen molar-refractivity contribution in [2.45, 2.75) is 33.1 Å². The van der Waals surface area contributed by atoms with Crippen LogP contribution in [0.3, 0.4) is 0 Å². The van der Waals surface area contributed by atoms with Crippen LogP contribution in [0.5, 0.6) is 5.75 Å². The van der Waals surface area contributed by atoms with Crippen molar-refractivity contribution >= 4 is 19.7 Å². The van der Waals surface area contributed by atoms with E-state index < -0.39 is 9.05 Å². The highest BCUT2D eigenvalue weighted by molar-refractivity contribution is 8.13. The van der Waals surface area contributed by atoms with Gasteiger partial charge in [0.2, 0.25) is 9.05 Å². The summed E-state index contributed by atoms with van der Waals surface area (Å²) in [5, 5.41) is 0. The van der Waals surface area contributed by atoms with Gasteiger partial charge in [-0.1, -0.05) is 32.9 Å². The number of benzene rings is 1. The Kier molecular flexibility index (Phi) is 6.50. The molecule has 0 aromatic heterocycles. The SMILES string of the molecule is Cc1ccc(C(C)(C)C)c(OCCOCCS(=O)(=O)Cl)c1. The lowest BCUT2D eigenvalue weighted by atomic mass is 9.86. The number of aryl methyl sites for hydroxylation is 1. The van der Waals surface area contributed by atoms with Crippen molar-refractivity contribution in [3.8, 4) is 5.75 Å². The summed E-state index contributed by atoms with van der Waals surface area (Å²) in [5.41, 5.74) is 2.26. The summed E-state index contributed by atoms with van der Waals surface area (Å²) in [7, 11) is 1.60. The fourth-order valence-electron chi connectivity index (χ4n) is 1.84. The summed E-state index contributed by atoms with van der Waals surface area (Å²) in [6.45, 7) is 9.18. The summed E-state index contributed by atoms with van der Waals surface area (Å²) >= 11 is 0. The molecule has 0 saturated carbocycles. The van der Waals surface area contributed by atoms with Gasteiger partial charge >= 0.3 is 0 Å². The molecule has 21 heavy (non-hydrogen) atoms. The molecule has 0 fully saturated rings. The molecule has 0 unspecified atom stereocenters. The standard InChI is InChI=1S/C15H23ClO4S/c1-12-5-6-13(15(2,3)4)14(11-12)20-8-7-19-9-10-21(16,17)18/h5-6,11H,7-10H2,1-4H3. The maximum Gasteiger partial charge on any atom is 0.234 e.